The highest BCUT2D eigenvalue weighted by Crippen LogP contribution is 2.35. The van der Waals surface area contributed by atoms with E-state index in [1.54, 1.807) is 18.6 Å². The monoisotopic (exact) mass is 461 g/mol. The first kappa shape index (κ1) is 20.6. The minimum atomic E-state index is -0.938. The Morgan fingerprint density at radius 2 is 1.65 bits per heavy atom. The molecular weight excluding hydrogens is 440 g/mol. The van der Waals surface area contributed by atoms with E-state index in [1.807, 2.05) is 30.0 Å². The topological polar surface area (TPSA) is 80.0 Å². The molecular formula is C24H21F2N7O. The van der Waals surface area contributed by atoms with Gasteiger partial charge in [0.15, 0.2) is 11.6 Å². The predicted molar refractivity (Wildman–Crippen MR) is 121 cm³/mol. The van der Waals surface area contributed by atoms with E-state index in [0.717, 1.165) is 30.8 Å². The van der Waals surface area contributed by atoms with Gasteiger partial charge in [0, 0.05) is 50.1 Å². The van der Waals surface area contributed by atoms with Gasteiger partial charge in [0.1, 0.15) is 11.5 Å². The lowest BCUT2D eigenvalue weighted by Crippen LogP contribution is -2.34. The maximum Gasteiger partial charge on any atom is 0.256 e. The van der Waals surface area contributed by atoms with Crippen molar-refractivity contribution < 1.29 is 13.6 Å². The molecule has 0 spiro atoms. The van der Waals surface area contributed by atoms with Gasteiger partial charge < -0.3 is 9.80 Å². The van der Waals surface area contributed by atoms with Crippen molar-refractivity contribution in [3.05, 3.63) is 71.7 Å². The first-order valence-corrected chi connectivity index (χ1v) is 11.1. The lowest BCUT2D eigenvalue weighted by atomic mass is 10.0. The van der Waals surface area contributed by atoms with Gasteiger partial charge in [-0.3, -0.25) is 9.78 Å². The van der Waals surface area contributed by atoms with E-state index in [9.17, 15) is 13.6 Å². The quantitative estimate of drug-likeness (QED) is 0.467. The SMILES string of the molecule is Cc1cccc(C(=O)N2CC3CN(c4cnc5cc(F)c(F)cc5n4)CC3C2)c1-n1nccn1. The minimum absolute atomic E-state index is 0.0278. The molecule has 10 heteroatoms. The molecule has 34 heavy (non-hydrogen) atoms. The number of halogens is 2. The summed E-state index contributed by atoms with van der Waals surface area (Å²) in [5, 5.41) is 8.44. The lowest BCUT2D eigenvalue weighted by Gasteiger charge is -2.23. The van der Waals surface area contributed by atoms with Gasteiger partial charge in [-0.25, -0.2) is 13.8 Å². The minimum Gasteiger partial charge on any atom is -0.355 e. The van der Waals surface area contributed by atoms with Crippen molar-refractivity contribution in [2.24, 2.45) is 11.8 Å². The van der Waals surface area contributed by atoms with Crippen molar-refractivity contribution in [3.63, 3.8) is 0 Å². The van der Waals surface area contributed by atoms with E-state index in [-0.39, 0.29) is 5.91 Å². The maximum atomic E-state index is 13.6. The third-order valence-electron chi connectivity index (χ3n) is 6.76. The van der Waals surface area contributed by atoms with Crippen molar-refractivity contribution >= 4 is 22.8 Å². The number of aromatic nitrogens is 5. The Kier molecular flexibility index (Phi) is 4.75. The molecule has 0 radical (unpaired) electrons. The van der Waals surface area contributed by atoms with Gasteiger partial charge in [0.25, 0.3) is 5.91 Å². The van der Waals surface area contributed by atoms with E-state index in [1.165, 1.54) is 4.80 Å². The van der Waals surface area contributed by atoms with Gasteiger partial charge in [0.05, 0.1) is 35.2 Å². The maximum absolute atomic E-state index is 13.6. The molecule has 4 aromatic rings. The van der Waals surface area contributed by atoms with Gasteiger partial charge in [-0.2, -0.15) is 15.0 Å². The molecule has 2 saturated heterocycles. The van der Waals surface area contributed by atoms with Crippen LogP contribution < -0.4 is 4.90 Å². The number of aryl methyl sites for hydroxylation is 1. The molecule has 6 rings (SSSR count). The molecule has 2 fully saturated rings. The molecule has 2 aliphatic rings. The summed E-state index contributed by atoms with van der Waals surface area (Å²) in [5.41, 5.74) is 2.86. The molecule has 4 heterocycles. The van der Waals surface area contributed by atoms with Crippen molar-refractivity contribution in [3.8, 4) is 5.69 Å². The number of likely N-dealkylation sites (tertiary alicyclic amines) is 1. The molecule has 0 saturated carbocycles. The van der Waals surface area contributed by atoms with Crippen LogP contribution in [-0.2, 0) is 0 Å². The van der Waals surface area contributed by atoms with Crippen molar-refractivity contribution in [1.29, 1.82) is 0 Å². The van der Waals surface area contributed by atoms with E-state index in [2.05, 4.69) is 25.1 Å². The average Bonchev–Trinajstić information content (AvgIpc) is 3.56. The summed E-state index contributed by atoms with van der Waals surface area (Å²) in [5.74, 6) is -0.677. The fraction of sp³-hybridized carbons (Fsp3) is 0.292. The average molecular weight is 461 g/mol. The highest BCUT2D eigenvalue weighted by Gasteiger charge is 2.42. The fourth-order valence-corrected chi connectivity index (χ4v) is 5.10. The van der Waals surface area contributed by atoms with Crippen LogP contribution in [0.4, 0.5) is 14.6 Å². The van der Waals surface area contributed by atoms with Gasteiger partial charge in [0.2, 0.25) is 0 Å². The zero-order valence-electron chi connectivity index (χ0n) is 18.4. The van der Waals surface area contributed by atoms with Crippen LogP contribution in [0, 0.1) is 30.4 Å². The van der Waals surface area contributed by atoms with Crippen molar-refractivity contribution in [2.45, 2.75) is 6.92 Å². The van der Waals surface area contributed by atoms with Crippen LogP contribution in [0.25, 0.3) is 16.7 Å². The molecule has 1 amide bonds. The fourth-order valence-electron chi connectivity index (χ4n) is 5.10. The highest BCUT2D eigenvalue weighted by molar-refractivity contribution is 5.98. The number of nitrogens with zero attached hydrogens (tertiary/aromatic N) is 7. The number of hydrogen-bond donors (Lipinski definition) is 0. The molecule has 2 aromatic heterocycles. The molecule has 0 N–H and O–H groups in total. The number of anilines is 1. The molecule has 172 valence electrons. The van der Waals surface area contributed by atoms with E-state index >= 15 is 0 Å². The van der Waals surface area contributed by atoms with Crippen LogP contribution in [0.1, 0.15) is 15.9 Å². The summed E-state index contributed by atoms with van der Waals surface area (Å²) in [4.78, 5) is 27.7. The molecule has 2 unspecified atom stereocenters. The third kappa shape index (κ3) is 3.37. The summed E-state index contributed by atoms with van der Waals surface area (Å²) in [6, 6.07) is 7.77. The first-order valence-electron chi connectivity index (χ1n) is 11.1. The standard InChI is InChI=1S/C24H21F2N7O/c1-14-3-2-4-17(23(14)33-28-5-6-29-33)24(34)32-12-15-10-31(11-16(15)13-32)22-9-27-20-7-18(25)19(26)8-21(20)30-22/h2-9,15-16H,10-13H2,1H3. The van der Waals surface area contributed by atoms with Crippen molar-refractivity contribution in [1.82, 2.24) is 29.9 Å². The molecule has 2 atom stereocenters. The van der Waals surface area contributed by atoms with Gasteiger partial charge in [-0.05, 0) is 18.6 Å². The summed E-state index contributed by atoms with van der Waals surface area (Å²) in [6.07, 6.45) is 4.78. The summed E-state index contributed by atoms with van der Waals surface area (Å²) >= 11 is 0. The smallest absolute Gasteiger partial charge is 0.256 e. The molecule has 0 bridgehead atoms. The Morgan fingerprint density at radius 1 is 0.971 bits per heavy atom. The Labute approximate surface area is 193 Å². The Bertz CT molecular complexity index is 1390. The molecule has 2 aromatic carbocycles. The number of rotatable bonds is 3. The van der Waals surface area contributed by atoms with Crippen LogP contribution in [0.3, 0.4) is 0 Å². The van der Waals surface area contributed by atoms with E-state index < -0.39 is 11.6 Å². The number of carbonyl (C=O) groups excluding carboxylic acids is 1. The van der Waals surface area contributed by atoms with E-state index in [0.29, 0.717) is 53.0 Å². The van der Waals surface area contributed by atoms with Crippen LogP contribution in [-0.4, -0.2) is 61.9 Å². The zero-order chi connectivity index (χ0) is 23.4. The number of amides is 1. The Hall–Kier alpha value is -3.95. The Balaban J connectivity index is 1.20. The first-order chi connectivity index (χ1) is 16.5. The van der Waals surface area contributed by atoms with Crippen LogP contribution in [0.15, 0.2) is 48.9 Å². The number of benzene rings is 2. The van der Waals surface area contributed by atoms with Gasteiger partial charge in [-0.1, -0.05) is 12.1 Å². The zero-order valence-corrected chi connectivity index (χ0v) is 18.4. The largest absolute Gasteiger partial charge is 0.355 e. The number of hydrogen-bond acceptors (Lipinski definition) is 6. The predicted octanol–water partition coefficient (Wildman–Crippen LogP) is 3.01. The molecule has 0 aliphatic carbocycles. The van der Waals surface area contributed by atoms with Crippen molar-refractivity contribution in [2.75, 3.05) is 31.1 Å². The number of para-hydroxylation sites is 1. The normalized spacial score (nSPS) is 19.7. The van der Waals surface area contributed by atoms with Gasteiger partial charge in [-0.15, -0.1) is 0 Å². The molecule has 2 aliphatic heterocycles. The van der Waals surface area contributed by atoms with Crippen LogP contribution in [0.5, 0.6) is 0 Å². The van der Waals surface area contributed by atoms with Gasteiger partial charge >= 0.3 is 0 Å². The second-order valence-corrected chi connectivity index (χ2v) is 8.91. The third-order valence-corrected chi connectivity index (χ3v) is 6.76. The number of carbonyl (C=O) groups is 1. The summed E-state index contributed by atoms with van der Waals surface area (Å²) in [7, 11) is 0. The second-order valence-electron chi connectivity index (χ2n) is 8.91. The lowest BCUT2D eigenvalue weighted by molar-refractivity contribution is 0.0782. The number of fused-ring (bicyclic) bond motifs is 2. The summed E-state index contributed by atoms with van der Waals surface area (Å²) in [6.45, 7) is 4.66. The van der Waals surface area contributed by atoms with Crippen LogP contribution >= 0.6 is 0 Å². The highest BCUT2D eigenvalue weighted by atomic mass is 19.2. The molecule has 8 nitrogen and oxygen atoms in total. The summed E-state index contributed by atoms with van der Waals surface area (Å²) < 4.78 is 27.1. The second kappa shape index (κ2) is 7.82. The Morgan fingerprint density at radius 3 is 2.35 bits per heavy atom. The van der Waals surface area contributed by atoms with Crippen LogP contribution in [0.2, 0.25) is 0 Å². The van der Waals surface area contributed by atoms with E-state index in [4.69, 9.17) is 0 Å².